The van der Waals surface area contributed by atoms with Gasteiger partial charge < -0.3 is 14.0 Å². The number of aromatic nitrogens is 2. The molecular weight excluding hydrogens is 342 g/mol. The van der Waals surface area contributed by atoms with Gasteiger partial charge in [-0.25, -0.2) is 0 Å². The first-order valence-corrected chi connectivity index (χ1v) is 9.28. The summed E-state index contributed by atoms with van der Waals surface area (Å²) >= 11 is 0. The molecule has 1 aromatic heterocycles. The van der Waals surface area contributed by atoms with Crippen LogP contribution in [0.2, 0.25) is 0 Å². The minimum atomic E-state index is 0.254. The van der Waals surface area contributed by atoms with Gasteiger partial charge in [-0.15, -0.1) is 0 Å². The van der Waals surface area contributed by atoms with Gasteiger partial charge in [0, 0.05) is 11.6 Å². The summed E-state index contributed by atoms with van der Waals surface area (Å²) in [4.78, 5) is 6.88. The van der Waals surface area contributed by atoms with Gasteiger partial charge in [0.05, 0.1) is 6.54 Å². The molecule has 138 valence electrons. The average molecular weight is 363 g/mol. The highest BCUT2D eigenvalue weighted by atomic mass is 16.7. The number of hydrogen-bond donors (Lipinski definition) is 0. The molecule has 2 aromatic carbocycles. The van der Waals surface area contributed by atoms with E-state index in [2.05, 4.69) is 46.4 Å². The van der Waals surface area contributed by atoms with Gasteiger partial charge in [0.25, 0.3) is 0 Å². The zero-order valence-electron chi connectivity index (χ0n) is 15.2. The van der Waals surface area contributed by atoms with E-state index in [1.165, 1.54) is 17.5 Å². The van der Waals surface area contributed by atoms with Gasteiger partial charge in [-0.05, 0) is 55.6 Å². The molecule has 1 unspecified atom stereocenters. The smallest absolute Gasteiger partial charge is 0.241 e. The topological polar surface area (TPSA) is 60.6 Å². The number of rotatable bonds is 4. The highest BCUT2D eigenvalue weighted by Gasteiger charge is 2.25. The lowest BCUT2D eigenvalue weighted by molar-refractivity contribution is 0.174. The van der Waals surface area contributed by atoms with E-state index in [-0.39, 0.29) is 6.79 Å². The second-order valence-corrected chi connectivity index (χ2v) is 7.10. The molecule has 0 bridgehead atoms. The summed E-state index contributed by atoms with van der Waals surface area (Å²) in [5.74, 6) is 2.65. The van der Waals surface area contributed by atoms with Crippen LogP contribution in [0, 0.1) is 0 Å². The molecule has 6 nitrogen and oxygen atoms in total. The molecule has 2 aliphatic rings. The minimum absolute atomic E-state index is 0.254. The maximum Gasteiger partial charge on any atom is 0.241 e. The maximum atomic E-state index is 5.51. The molecule has 0 amide bonds. The molecule has 27 heavy (non-hydrogen) atoms. The van der Waals surface area contributed by atoms with Crippen molar-refractivity contribution in [2.24, 2.45) is 0 Å². The number of benzene rings is 2. The lowest BCUT2D eigenvalue weighted by Crippen LogP contribution is -2.27. The Bertz CT molecular complexity index is 969. The van der Waals surface area contributed by atoms with Crippen molar-refractivity contribution in [3.05, 3.63) is 59.5 Å². The first-order chi connectivity index (χ1) is 13.3. The van der Waals surface area contributed by atoms with Crippen LogP contribution < -0.4 is 9.47 Å². The van der Waals surface area contributed by atoms with E-state index in [0.29, 0.717) is 24.3 Å². The van der Waals surface area contributed by atoms with Gasteiger partial charge in [0.15, 0.2) is 11.5 Å². The maximum absolute atomic E-state index is 5.51. The molecule has 2 heterocycles. The highest BCUT2D eigenvalue weighted by molar-refractivity contribution is 5.61. The standard InChI is InChI=1S/C21H21N3O3/c1-24(17-8-4-6-14-5-2-3-7-16(14)17)12-20-22-21(23-27-20)15-9-10-18-19(11-15)26-13-25-18/h2-3,5,7,9-11,17H,4,6,8,12-13H2,1H3. The molecule has 0 saturated heterocycles. The van der Waals surface area contributed by atoms with E-state index >= 15 is 0 Å². The van der Waals surface area contributed by atoms with Crippen molar-refractivity contribution in [3.8, 4) is 22.9 Å². The molecule has 3 aromatic rings. The Morgan fingerprint density at radius 3 is 2.96 bits per heavy atom. The molecular formula is C21H21N3O3. The largest absolute Gasteiger partial charge is 0.454 e. The minimum Gasteiger partial charge on any atom is -0.454 e. The van der Waals surface area contributed by atoms with Gasteiger partial charge in [-0.2, -0.15) is 4.98 Å². The number of ether oxygens (including phenoxy) is 2. The molecule has 0 radical (unpaired) electrons. The van der Waals surface area contributed by atoms with Crippen LogP contribution in [0.4, 0.5) is 0 Å². The fourth-order valence-corrected chi connectivity index (χ4v) is 3.98. The van der Waals surface area contributed by atoms with E-state index in [9.17, 15) is 0 Å². The first kappa shape index (κ1) is 16.3. The van der Waals surface area contributed by atoms with Crippen LogP contribution in [-0.4, -0.2) is 28.9 Å². The molecule has 0 saturated carbocycles. The Balaban J connectivity index is 1.34. The van der Waals surface area contributed by atoms with Crippen LogP contribution in [0.5, 0.6) is 11.5 Å². The van der Waals surface area contributed by atoms with Crippen molar-refractivity contribution in [2.75, 3.05) is 13.8 Å². The van der Waals surface area contributed by atoms with Crippen molar-refractivity contribution in [3.63, 3.8) is 0 Å². The summed E-state index contributed by atoms with van der Waals surface area (Å²) in [7, 11) is 2.12. The third kappa shape index (κ3) is 3.06. The summed E-state index contributed by atoms with van der Waals surface area (Å²) in [6.45, 7) is 0.875. The van der Waals surface area contributed by atoms with Crippen LogP contribution in [0.3, 0.4) is 0 Å². The average Bonchev–Trinajstić information content (AvgIpc) is 3.36. The van der Waals surface area contributed by atoms with E-state index in [1.54, 1.807) is 0 Å². The first-order valence-electron chi connectivity index (χ1n) is 9.28. The summed E-state index contributed by atoms with van der Waals surface area (Å²) in [6.07, 6.45) is 3.52. The summed E-state index contributed by atoms with van der Waals surface area (Å²) in [5.41, 5.74) is 3.73. The number of nitrogens with zero attached hydrogens (tertiary/aromatic N) is 3. The second kappa shape index (κ2) is 6.70. The van der Waals surface area contributed by atoms with Crippen molar-refractivity contribution in [1.29, 1.82) is 0 Å². The van der Waals surface area contributed by atoms with Crippen LogP contribution >= 0.6 is 0 Å². The normalized spacial score (nSPS) is 17.9. The van der Waals surface area contributed by atoms with Gasteiger partial charge in [0.2, 0.25) is 18.5 Å². The monoisotopic (exact) mass is 363 g/mol. The van der Waals surface area contributed by atoms with E-state index in [0.717, 1.165) is 29.9 Å². The molecule has 0 fully saturated rings. The third-order valence-corrected chi connectivity index (χ3v) is 5.35. The molecule has 6 heteroatoms. The van der Waals surface area contributed by atoms with Crippen molar-refractivity contribution in [2.45, 2.75) is 31.8 Å². The summed E-state index contributed by atoms with van der Waals surface area (Å²) in [6, 6.07) is 14.8. The predicted molar refractivity (Wildman–Crippen MR) is 99.4 cm³/mol. The quantitative estimate of drug-likeness (QED) is 0.699. The zero-order chi connectivity index (χ0) is 18.2. The molecule has 5 rings (SSSR count). The summed E-state index contributed by atoms with van der Waals surface area (Å²) < 4.78 is 16.3. The molecule has 0 spiro atoms. The lowest BCUT2D eigenvalue weighted by atomic mass is 9.87. The number of fused-ring (bicyclic) bond motifs is 2. The van der Waals surface area contributed by atoms with Crippen molar-refractivity contribution >= 4 is 0 Å². The number of aryl methyl sites for hydroxylation is 1. The Hall–Kier alpha value is -2.86. The fraction of sp³-hybridized carbons (Fsp3) is 0.333. The van der Waals surface area contributed by atoms with Crippen LogP contribution in [0.25, 0.3) is 11.4 Å². The van der Waals surface area contributed by atoms with Gasteiger partial charge >= 0.3 is 0 Å². The van der Waals surface area contributed by atoms with E-state index < -0.39 is 0 Å². The lowest BCUT2D eigenvalue weighted by Gasteiger charge is -2.32. The van der Waals surface area contributed by atoms with Crippen LogP contribution in [-0.2, 0) is 13.0 Å². The van der Waals surface area contributed by atoms with Crippen molar-refractivity contribution in [1.82, 2.24) is 15.0 Å². The predicted octanol–water partition coefficient (Wildman–Crippen LogP) is 3.97. The second-order valence-electron chi connectivity index (χ2n) is 7.10. The van der Waals surface area contributed by atoms with Crippen LogP contribution in [0.1, 0.15) is 35.9 Å². The number of hydrogen-bond acceptors (Lipinski definition) is 6. The van der Waals surface area contributed by atoms with Gasteiger partial charge in [-0.1, -0.05) is 29.4 Å². The molecule has 1 atom stereocenters. The Kier molecular flexibility index (Phi) is 4.05. The van der Waals surface area contributed by atoms with Gasteiger partial charge in [-0.3, -0.25) is 4.90 Å². The Morgan fingerprint density at radius 1 is 1.11 bits per heavy atom. The van der Waals surface area contributed by atoms with E-state index in [1.807, 2.05) is 18.2 Å². The van der Waals surface area contributed by atoms with E-state index in [4.69, 9.17) is 14.0 Å². The highest BCUT2D eigenvalue weighted by Crippen LogP contribution is 2.36. The summed E-state index contributed by atoms with van der Waals surface area (Å²) in [5, 5.41) is 4.15. The molecule has 1 aliphatic heterocycles. The third-order valence-electron chi connectivity index (χ3n) is 5.35. The Labute approximate surface area is 157 Å². The fourth-order valence-electron chi connectivity index (χ4n) is 3.98. The molecule has 0 N–H and O–H groups in total. The zero-order valence-corrected chi connectivity index (χ0v) is 15.2. The SMILES string of the molecule is CN(Cc1nc(-c2ccc3c(c2)OCO3)no1)C1CCCc2ccccc21. The molecule has 1 aliphatic carbocycles. The van der Waals surface area contributed by atoms with Crippen molar-refractivity contribution < 1.29 is 14.0 Å². The Morgan fingerprint density at radius 2 is 2.00 bits per heavy atom. The van der Waals surface area contributed by atoms with Crippen LogP contribution in [0.15, 0.2) is 47.0 Å². The van der Waals surface area contributed by atoms with Gasteiger partial charge in [0.1, 0.15) is 0 Å².